The van der Waals surface area contributed by atoms with Crippen LogP contribution in [0.25, 0.3) is 0 Å². The van der Waals surface area contributed by atoms with Crippen LogP contribution in [0.2, 0.25) is 0 Å². The van der Waals surface area contributed by atoms with Crippen LogP contribution in [0.3, 0.4) is 0 Å². The molecule has 0 unspecified atom stereocenters. The van der Waals surface area contributed by atoms with Gasteiger partial charge in [-0.25, -0.2) is 0 Å². The van der Waals surface area contributed by atoms with Gasteiger partial charge in [-0.1, -0.05) is 32.4 Å². The third-order valence-corrected chi connectivity index (χ3v) is 14.1. The summed E-state index contributed by atoms with van der Waals surface area (Å²) >= 11 is 0. The van der Waals surface area contributed by atoms with Gasteiger partial charge in [0.05, 0.1) is 48.3 Å². The lowest BCUT2D eigenvalue weighted by Crippen LogP contribution is -2.66. The van der Waals surface area contributed by atoms with E-state index in [0.29, 0.717) is 18.3 Å². The second kappa shape index (κ2) is 13.6. The molecule has 15 atom stereocenters. The van der Waals surface area contributed by atoms with Gasteiger partial charge in [-0.2, -0.15) is 0 Å². The topological polar surface area (TPSA) is 156 Å². The van der Waals surface area contributed by atoms with Crippen LogP contribution < -0.4 is 5.32 Å². The third-order valence-electron chi connectivity index (χ3n) is 14.1. The number of ether oxygens (including phenoxy) is 5. The lowest BCUT2D eigenvalue weighted by molar-refractivity contribution is -0.316. The first kappa shape index (κ1) is 38.6. The number of methoxy groups -OCH3 is 1. The van der Waals surface area contributed by atoms with E-state index in [1.54, 1.807) is 0 Å². The van der Waals surface area contributed by atoms with Crippen molar-refractivity contribution in [3.05, 3.63) is 11.6 Å². The Kier molecular flexibility index (Phi) is 10.5. The second-order valence-electron chi connectivity index (χ2n) is 18.5. The van der Waals surface area contributed by atoms with Gasteiger partial charge in [0.1, 0.15) is 24.4 Å². The van der Waals surface area contributed by atoms with Crippen molar-refractivity contribution in [2.45, 2.75) is 186 Å². The molecule has 0 spiro atoms. The van der Waals surface area contributed by atoms with Crippen LogP contribution in [0.1, 0.15) is 113 Å². The van der Waals surface area contributed by atoms with Gasteiger partial charge in [-0.05, 0) is 108 Å². The molecular formula is C39H65NO10. The number of nitrogens with one attached hydrogen (secondary N) is 1. The summed E-state index contributed by atoms with van der Waals surface area (Å²) in [6, 6.07) is -0.959. The minimum Gasteiger partial charge on any atom is -0.390 e. The van der Waals surface area contributed by atoms with Crippen LogP contribution in [0.4, 0.5) is 0 Å². The molecule has 0 aromatic rings. The standard InChI is InChI=1S/C39H65NO10/c1-21(41)40-30-32(44)31(43)25(20-46-9)47-34(30)50-36(4,5)28-14-16-37(6)18-22(10-13-29(37)48-28)23-11-12-26-38(7)17-15-27(35(2,3)45)49-33(38)24(42)19-39(23,26)8/h18,23-34,42-45H,10-17,19-20H2,1-9H3,(H,40,41)/t23-,24-,25-,26-,27+,28-,29-,30-,31+,32+,33+,34+,37+,38+,39+/m0/s1. The highest BCUT2D eigenvalue weighted by Crippen LogP contribution is 2.67. The molecule has 0 aromatic carbocycles. The third kappa shape index (κ3) is 6.74. The Labute approximate surface area is 298 Å². The Hall–Kier alpha value is -1.15. The minimum absolute atomic E-state index is 0.00862. The Bertz CT molecular complexity index is 1280. The van der Waals surface area contributed by atoms with Crippen LogP contribution in [-0.4, -0.2) is 112 Å². The van der Waals surface area contributed by atoms with Crippen molar-refractivity contribution in [2.24, 2.45) is 28.1 Å². The minimum atomic E-state index is -1.29. The molecule has 6 aliphatic rings. The molecule has 5 fully saturated rings. The van der Waals surface area contributed by atoms with Gasteiger partial charge in [0, 0.05) is 19.4 Å². The number of carbonyl (C=O) groups excluding carboxylic acids is 1. The summed E-state index contributed by atoms with van der Waals surface area (Å²) in [6.45, 7) is 16.0. The number of amides is 1. The van der Waals surface area contributed by atoms with Crippen LogP contribution in [0.5, 0.6) is 0 Å². The van der Waals surface area contributed by atoms with E-state index in [-0.39, 0.29) is 53.2 Å². The first-order valence-electron chi connectivity index (χ1n) is 19.1. The summed E-state index contributed by atoms with van der Waals surface area (Å²) in [5.41, 5.74) is -0.532. The molecule has 0 aromatic heterocycles. The average Bonchev–Trinajstić information content (AvgIpc) is 3.37. The van der Waals surface area contributed by atoms with E-state index in [9.17, 15) is 25.2 Å². The molecule has 3 heterocycles. The van der Waals surface area contributed by atoms with E-state index < -0.39 is 47.9 Å². The number of allylic oxidation sites excluding steroid dienone is 1. The number of hydrogen-bond donors (Lipinski definition) is 5. The molecule has 3 aliphatic carbocycles. The Balaban J connectivity index is 1.15. The van der Waals surface area contributed by atoms with Crippen molar-refractivity contribution in [1.82, 2.24) is 5.32 Å². The van der Waals surface area contributed by atoms with Gasteiger partial charge < -0.3 is 49.4 Å². The molecule has 1 amide bonds. The maximum Gasteiger partial charge on any atom is 0.217 e. The Morgan fingerprint density at radius 3 is 2.30 bits per heavy atom. The summed E-state index contributed by atoms with van der Waals surface area (Å²) in [6.07, 6.45) is 5.08. The predicted molar refractivity (Wildman–Crippen MR) is 186 cm³/mol. The highest BCUT2D eigenvalue weighted by molar-refractivity contribution is 5.73. The van der Waals surface area contributed by atoms with E-state index in [1.807, 2.05) is 27.7 Å². The highest BCUT2D eigenvalue weighted by atomic mass is 16.7. The van der Waals surface area contributed by atoms with E-state index in [0.717, 1.165) is 51.4 Å². The monoisotopic (exact) mass is 707 g/mol. The maximum atomic E-state index is 12.0. The van der Waals surface area contributed by atoms with Gasteiger partial charge in [-0.15, -0.1) is 0 Å². The zero-order valence-corrected chi connectivity index (χ0v) is 31.8. The van der Waals surface area contributed by atoms with E-state index in [1.165, 1.54) is 19.6 Å². The summed E-state index contributed by atoms with van der Waals surface area (Å²) in [4.78, 5) is 12.0. The number of rotatable bonds is 8. The summed E-state index contributed by atoms with van der Waals surface area (Å²) in [5, 5.41) is 46.7. The molecule has 2 saturated carbocycles. The fourth-order valence-corrected chi connectivity index (χ4v) is 11.4. The largest absolute Gasteiger partial charge is 0.390 e. The van der Waals surface area contributed by atoms with Gasteiger partial charge in [0.15, 0.2) is 6.29 Å². The Morgan fingerprint density at radius 2 is 1.64 bits per heavy atom. The van der Waals surface area contributed by atoms with Crippen molar-refractivity contribution in [2.75, 3.05) is 13.7 Å². The maximum absolute atomic E-state index is 12.0. The van der Waals surface area contributed by atoms with E-state index in [4.69, 9.17) is 23.7 Å². The molecule has 0 bridgehead atoms. The molecular weight excluding hydrogens is 642 g/mol. The van der Waals surface area contributed by atoms with Gasteiger partial charge in [0.2, 0.25) is 5.91 Å². The lowest BCUT2D eigenvalue weighted by atomic mass is 9.50. The van der Waals surface area contributed by atoms with Crippen molar-refractivity contribution in [3.8, 4) is 0 Å². The van der Waals surface area contributed by atoms with Crippen LogP contribution >= 0.6 is 0 Å². The second-order valence-corrected chi connectivity index (χ2v) is 18.5. The van der Waals surface area contributed by atoms with E-state index >= 15 is 0 Å². The molecule has 11 heteroatoms. The summed E-state index contributed by atoms with van der Waals surface area (Å²) < 4.78 is 31.3. The first-order chi connectivity index (χ1) is 23.2. The molecule has 50 heavy (non-hydrogen) atoms. The summed E-state index contributed by atoms with van der Waals surface area (Å²) in [7, 11) is 1.50. The molecule has 286 valence electrons. The predicted octanol–water partition coefficient (Wildman–Crippen LogP) is 3.78. The van der Waals surface area contributed by atoms with Gasteiger partial charge in [-0.3, -0.25) is 4.79 Å². The molecule has 3 aliphatic heterocycles. The zero-order valence-electron chi connectivity index (χ0n) is 31.8. The molecule has 6 rings (SSSR count). The van der Waals surface area contributed by atoms with Gasteiger partial charge >= 0.3 is 0 Å². The number of aliphatic hydroxyl groups excluding tert-OH is 3. The van der Waals surface area contributed by atoms with Gasteiger partial charge in [0.25, 0.3) is 0 Å². The summed E-state index contributed by atoms with van der Waals surface area (Å²) in [5.74, 6) is 0.485. The quantitative estimate of drug-likeness (QED) is 0.236. The number of hydrogen-bond acceptors (Lipinski definition) is 10. The molecule has 11 nitrogen and oxygen atoms in total. The van der Waals surface area contributed by atoms with Crippen molar-refractivity contribution in [3.63, 3.8) is 0 Å². The van der Waals surface area contributed by atoms with Crippen molar-refractivity contribution in [1.29, 1.82) is 0 Å². The normalized spacial score (nSPS) is 48.2. The van der Waals surface area contributed by atoms with Crippen LogP contribution in [-0.2, 0) is 28.5 Å². The van der Waals surface area contributed by atoms with Crippen molar-refractivity contribution < 1.29 is 48.9 Å². The molecule has 5 N–H and O–H groups in total. The Morgan fingerprint density at radius 1 is 0.940 bits per heavy atom. The SMILES string of the molecule is COC[C@@H]1O[C@H](OC(C)(C)[C@@H]2CC[C@]3(C)C=C([C@@H]4CC[C@@H]5[C@]4(C)C[C@H](O)[C@H]4O[C@@H](C(C)(C)O)CC[C@]54C)CC[C@@H]3O2)[C@@H](NC(C)=O)[C@@H](O)[C@@H]1O. The molecule has 3 saturated heterocycles. The van der Waals surface area contributed by atoms with E-state index in [2.05, 4.69) is 32.2 Å². The number of fused-ring (bicyclic) bond motifs is 4. The number of aliphatic hydroxyl groups is 4. The lowest BCUT2D eigenvalue weighted by Gasteiger charge is -2.60. The highest BCUT2D eigenvalue weighted by Gasteiger charge is 2.65. The smallest absolute Gasteiger partial charge is 0.217 e. The fourth-order valence-electron chi connectivity index (χ4n) is 11.4. The van der Waals surface area contributed by atoms with Crippen LogP contribution in [0.15, 0.2) is 11.6 Å². The fraction of sp³-hybridized carbons (Fsp3) is 0.923. The average molecular weight is 708 g/mol. The zero-order chi connectivity index (χ0) is 36.6. The van der Waals surface area contributed by atoms with Crippen molar-refractivity contribution >= 4 is 5.91 Å². The number of carbonyl (C=O) groups is 1. The molecule has 0 radical (unpaired) electrons. The first-order valence-corrected chi connectivity index (χ1v) is 19.1. The van der Waals surface area contributed by atoms with Crippen LogP contribution in [0, 0.1) is 28.1 Å².